The number of anilines is 3. The maximum Gasteiger partial charge on any atom is 0.0541 e. The molecule has 290 valence electrons. The Kier molecular flexibility index (Phi) is 8.53. The van der Waals surface area contributed by atoms with Crippen LogP contribution in [0.5, 0.6) is 0 Å². The van der Waals surface area contributed by atoms with Crippen molar-refractivity contribution in [3.8, 4) is 39.1 Å². The summed E-state index contributed by atoms with van der Waals surface area (Å²) in [5.41, 5.74) is 14.0. The largest absolute Gasteiger partial charge is 0.310 e. The van der Waals surface area contributed by atoms with Crippen LogP contribution in [0, 0.1) is 0 Å². The molecule has 0 spiro atoms. The van der Waals surface area contributed by atoms with Gasteiger partial charge in [0.25, 0.3) is 0 Å². The predicted octanol–water partition coefficient (Wildman–Crippen LogP) is 16.7. The highest BCUT2D eigenvalue weighted by Gasteiger charge is 2.20. The van der Waals surface area contributed by atoms with E-state index in [2.05, 4.69) is 252 Å². The van der Waals surface area contributed by atoms with Gasteiger partial charge in [-0.05, 0) is 109 Å². The van der Waals surface area contributed by atoms with E-state index in [1.54, 1.807) is 0 Å². The lowest BCUT2D eigenvalue weighted by Gasteiger charge is -2.28. The van der Waals surface area contributed by atoms with E-state index in [9.17, 15) is 0 Å². The average Bonchev–Trinajstić information content (AvgIpc) is 3.68. The standard InChI is InChI=1S/C60H40N2/c1-2-17-44-39-46(32-31-41(44)15-1)51-37-38-60(54-24-6-5-23-53(51)54)61(48-20-13-19-45(40-48)50-27-14-18-42-16-3-4-21-49(42)50)47-35-33-43(34-36-47)52-22-7-10-28-57(52)62-58-29-11-8-25-55(58)56-26-9-12-30-59(56)62/h1-40H. The molecule has 0 saturated carbocycles. The first-order chi connectivity index (χ1) is 30.8. The van der Waals surface area contributed by atoms with Gasteiger partial charge in [0.2, 0.25) is 0 Å². The van der Waals surface area contributed by atoms with Gasteiger partial charge < -0.3 is 9.47 Å². The third-order valence-corrected chi connectivity index (χ3v) is 12.6. The van der Waals surface area contributed by atoms with Crippen molar-refractivity contribution in [2.75, 3.05) is 4.90 Å². The minimum atomic E-state index is 1.08. The summed E-state index contributed by atoms with van der Waals surface area (Å²) in [4.78, 5) is 2.43. The maximum atomic E-state index is 2.43. The molecular formula is C60H40N2. The summed E-state index contributed by atoms with van der Waals surface area (Å²) in [7, 11) is 0. The molecule has 0 aliphatic rings. The lowest BCUT2D eigenvalue weighted by atomic mass is 9.94. The molecule has 2 nitrogen and oxygen atoms in total. The maximum absolute atomic E-state index is 2.43. The molecule has 2 heteroatoms. The predicted molar refractivity (Wildman–Crippen MR) is 264 cm³/mol. The lowest BCUT2D eigenvalue weighted by Crippen LogP contribution is -2.11. The van der Waals surface area contributed by atoms with Gasteiger partial charge in [-0.25, -0.2) is 0 Å². The first-order valence-corrected chi connectivity index (χ1v) is 21.3. The van der Waals surface area contributed by atoms with Gasteiger partial charge in [-0.15, -0.1) is 0 Å². The number of para-hydroxylation sites is 3. The van der Waals surface area contributed by atoms with Crippen molar-refractivity contribution < 1.29 is 0 Å². The molecule has 0 fully saturated rings. The van der Waals surface area contributed by atoms with Gasteiger partial charge >= 0.3 is 0 Å². The summed E-state index contributed by atoms with van der Waals surface area (Å²) in [6, 6.07) is 88.6. The van der Waals surface area contributed by atoms with Crippen LogP contribution in [-0.2, 0) is 0 Å². The minimum absolute atomic E-state index is 1.08. The molecule has 12 aromatic rings. The summed E-state index contributed by atoms with van der Waals surface area (Å²) in [6.45, 7) is 0. The van der Waals surface area contributed by atoms with Crippen molar-refractivity contribution >= 4 is 71.2 Å². The van der Waals surface area contributed by atoms with E-state index in [1.807, 2.05) is 0 Å². The van der Waals surface area contributed by atoms with Crippen LogP contribution in [0.1, 0.15) is 0 Å². The summed E-state index contributed by atoms with van der Waals surface area (Å²) in [5, 5.41) is 9.89. The molecule has 1 heterocycles. The van der Waals surface area contributed by atoms with Gasteiger partial charge in [-0.2, -0.15) is 0 Å². The van der Waals surface area contributed by atoms with Gasteiger partial charge in [0.15, 0.2) is 0 Å². The van der Waals surface area contributed by atoms with E-state index in [1.165, 1.54) is 81.9 Å². The van der Waals surface area contributed by atoms with Crippen LogP contribution in [0.3, 0.4) is 0 Å². The molecule has 0 aliphatic heterocycles. The molecule has 1 aromatic heterocycles. The summed E-state index contributed by atoms with van der Waals surface area (Å²) >= 11 is 0. The van der Waals surface area contributed by atoms with Crippen LogP contribution in [0.2, 0.25) is 0 Å². The Labute approximate surface area is 360 Å². The molecule has 0 unspecified atom stereocenters. The monoisotopic (exact) mass is 788 g/mol. The van der Waals surface area contributed by atoms with E-state index in [0.29, 0.717) is 0 Å². The Bertz CT molecular complexity index is 3590. The molecule has 62 heavy (non-hydrogen) atoms. The highest BCUT2D eigenvalue weighted by molar-refractivity contribution is 6.10. The van der Waals surface area contributed by atoms with E-state index in [0.717, 1.165) is 28.3 Å². The van der Waals surface area contributed by atoms with Crippen molar-refractivity contribution in [1.29, 1.82) is 0 Å². The number of rotatable bonds is 7. The van der Waals surface area contributed by atoms with Crippen molar-refractivity contribution in [2.45, 2.75) is 0 Å². The quantitative estimate of drug-likeness (QED) is 0.156. The van der Waals surface area contributed by atoms with Gasteiger partial charge in [-0.1, -0.05) is 188 Å². The molecule has 0 atom stereocenters. The molecule has 0 bridgehead atoms. The van der Waals surface area contributed by atoms with Crippen molar-refractivity contribution in [3.05, 3.63) is 243 Å². The lowest BCUT2D eigenvalue weighted by molar-refractivity contribution is 1.18. The second-order valence-electron chi connectivity index (χ2n) is 16.1. The second kappa shape index (κ2) is 14.8. The first-order valence-electron chi connectivity index (χ1n) is 21.3. The SMILES string of the molecule is c1cc(-c2cccc3ccccc23)cc(N(c2ccc(-c3ccccc3-n3c4ccccc4c4ccccc43)cc2)c2ccc(-c3ccc4ccccc4c3)c3ccccc23)c1. The van der Waals surface area contributed by atoms with Crippen LogP contribution in [-0.4, -0.2) is 4.57 Å². The molecule has 0 radical (unpaired) electrons. The molecule has 12 rings (SSSR count). The fourth-order valence-corrected chi connectivity index (χ4v) is 9.69. The van der Waals surface area contributed by atoms with Crippen LogP contribution in [0.4, 0.5) is 17.1 Å². The topological polar surface area (TPSA) is 8.17 Å². The zero-order valence-electron chi connectivity index (χ0n) is 34.0. The number of aromatic nitrogens is 1. The van der Waals surface area contributed by atoms with Crippen molar-refractivity contribution in [3.63, 3.8) is 0 Å². The van der Waals surface area contributed by atoms with Crippen LogP contribution >= 0.6 is 0 Å². The molecule has 0 N–H and O–H groups in total. The molecule has 0 aliphatic carbocycles. The van der Waals surface area contributed by atoms with Crippen molar-refractivity contribution in [2.24, 2.45) is 0 Å². The average molecular weight is 789 g/mol. The second-order valence-corrected chi connectivity index (χ2v) is 16.1. The van der Waals surface area contributed by atoms with Crippen LogP contribution in [0.25, 0.3) is 93.2 Å². The first kappa shape index (κ1) is 35.7. The smallest absolute Gasteiger partial charge is 0.0541 e. The van der Waals surface area contributed by atoms with E-state index >= 15 is 0 Å². The summed E-state index contributed by atoms with van der Waals surface area (Å²) in [6.07, 6.45) is 0. The highest BCUT2D eigenvalue weighted by Crippen LogP contribution is 2.45. The van der Waals surface area contributed by atoms with Gasteiger partial charge in [-0.3, -0.25) is 0 Å². The van der Waals surface area contributed by atoms with Crippen LogP contribution in [0.15, 0.2) is 243 Å². The summed E-state index contributed by atoms with van der Waals surface area (Å²) in [5.74, 6) is 0. The Morgan fingerprint density at radius 1 is 0.274 bits per heavy atom. The number of benzene rings is 11. The third kappa shape index (κ3) is 5.96. The highest BCUT2D eigenvalue weighted by atomic mass is 15.1. The van der Waals surface area contributed by atoms with Crippen molar-refractivity contribution in [1.82, 2.24) is 4.57 Å². The molecule has 11 aromatic carbocycles. The zero-order chi connectivity index (χ0) is 41.0. The van der Waals surface area contributed by atoms with Gasteiger partial charge in [0, 0.05) is 33.1 Å². The molecule has 0 amide bonds. The number of nitrogens with zero attached hydrogens (tertiary/aromatic N) is 2. The number of fused-ring (bicyclic) bond motifs is 6. The van der Waals surface area contributed by atoms with E-state index in [-0.39, 0.29) is 0 Å². The fraction of sp³-hybridized carbons (Fsp3) is 0. The normalized spacial score (nSPS) is 11.5. The van der Waals surface area contributed by atoms with Gasteiger partial charge in [0.05, 0.1) is 22.4 Å². The van der Waals surface area contributed by atoms with Crippen LogP contribution < -0.4 is 4.90 Å². The Morgan fingerprint density at radius 2 is 0.823 bits per heavy atom. The molecular weight excluding hydrogens is 749 g/mol. The summed E-state index contributed by atoms with van der Waals surface area (Å²) < 4.78 is 2.42. The zero-order valence-corrected chi connectivity index (χ0v) is 34.0. The minimum Gasteiger partial charge on any atom is -0.310 e. The van der Waals surface area contributed by atoms with E-state index < -0.39 is 0 Å². The Balaban J connectivity index is 1.03. The fourth-order valence-electron chi connectivity index (χ4n) is 9.69. The van der Waals surface area contributed by atoms with E-state index in [4.69, 9.17) is 0 Å². The Hall–Kier alpha value is -8.20. The third-order valence-electron chi connectivity index (χ3n) is 12.6. The van der Waals surface area contributed by atoms with Gasteiger partial charge in [0.1, 0.15) is 0 Å². The Morgan fingerprint density at radius 3 is 1.61 bits per heavy atom. The number of hydrogen-bond acceptors (Lipinski definition) is 1. The molecule has 0 saturated heterocycles. The number of hydrogen-bond donors (Lipinski definition) is 0.